The molecule has 0 amide bonds. The Morgan fingerprint density at radius 2 is 0.984 bits per heavy atom. The Bertz CT molecular complexity index is 3860. The lowest BCUT2D eigenvalue weighted by molar-refractivity contribution is 1.08. The molecule has 0 fully saturated rings. The topological polar surface area (TPSA) is 48.5 Å². The van der Waals surface area contributed by atoms with Crippen LogP contribution in [0.1, 0.15) is 0 Å². The SMILES string of the molecule is c1ccc(-c2cc(-c3ccccc3)nc(-n3c4ccccc4c4cc(-c5cccc(-c6ccc7c8ccccc8n(-c8ccc9sc%10ccncc%10c9c8)c7c6)n5)ccc43)c2)cc1. The number of aromatic nitrogens is 5. The number of nitrogens with zero attached hydrogens (tertiary/aromatic N) is 5. The van der Waals surface area contributed by atoms with Crippen molar-refractivity contribution in [2.75, 3.05) is 0 Å². The van der Waals surface area contributed by atoms with Crippen molar-refractivity contribution in [2.45, 2.75) is 0 Å². The fraction of sp³-hybridized carbons (Fsp3) is 0. The summed E-state index contributed by atoms with van der Waals surface area (Å²) in [5, 5.41) is 7.18. The standard InChI is InChI=1S/C57H35N5S/c1-3-12-36(13-4-1)40-31-50(37-14-5-2-6-15-37)60-57(33-40)62-52-21-10-8-17-43(52)45-30-38(23-26-53(45)62)48-18-11-19-49(59-48)39-22-25-44-42-16-7-9-20-51(42)61(54(44)32-39)41-24-27-55-46(34-41)47-35-58-29-28-56(47)63-55/h1-35H. The van der Waals surface area contributed by atoms with Crippen LogP contribution in [0, 0.1) is 0 Å². The summed E-state index contributed by atoms with van der Waals surface area (Å²) in [6, 6.07) is 71.5. The lowest BCUT2D eigenvalue weighted by Crippen LogP contribution is -2.00. The average Bonchev–Trinajstić information content (AvgIpc) is 4.01. The molecule has 0 N–H and O–H groups in total. The van der Waals surface area contributed by atoms with E-state index >= 15 is 0 Å². The van der Waals surface area contributed by atoms with Crippen LogP contribution in [0.4, 0.5) is 0 Å². The first-order chi connectivity index (χ1) is 31.2. The second-order valence-corrected chi connectivity index (χ2v) is 17.1. The van der Waals surface area contributed by atoms with E-state index in [9.17, 15) is 0 Å². The summed E-state index contributed by atoms with van der Waals surface area (Å²) in [7, 11) is 0. The first-order valence-electron chi connectivity index (χ1n) is 21.2. The highest BCUT2D eigenvalue weighted by Gasteiger charge is 2.19. The van der Waals surface area contributed by atoms with E-state index in [0.29, 0.717) is 0 Å². The normalized spacial score (nSPS) is 11.8. The minimum atomic E-state index is 0.877. The van der Waals surface area contributed by atoms with Crippen molar-refractivity contribution in [1.82, 2.24) is 24.1 Å². The van der Waals surface area contributed by atoms with Gasteiger partial charge in [0.15, 0.2) is 0 Å². The molecule has 5 nitrogen and oxygen atoms in total. The van der Waals surface area contributed by atoms with Crippen molar-refractivity contribution in [3.63, 3.8) is 0 Å². The van der Waals surface area contributed by atoms with Gasteiger partial charge in [0, 0.05) is 76.5 Å². The summed E-state index contributed by atoms with van der Waals surface area (Å²) in [6.07, 6.45) is 3.86. The Kier molecular flexibility index (Phi) is 8.01. The third-order valence-electron chi connectivity index (χ3n) is 12.4. The zero-order valence-electron chi connectivity index (χ0n) is 33.9. The number of fused-ring (bicyclic) bond motifs is 9. The van der Waals surface area contributed by atoms with E-state index in [4.69, 9.17) is 9.97 Å². The Labute approximate surface area is 366 Å². The van der Waals surface area contributed by atoms with Crippen LogP contribution in [0.5, 0.6) is 0 Å². The molecule has 0 radical (unpaired) electrons. The smallest absolute Gasteiger partial charge is 0.138 e. The molecule has 7 aromatic carbocycles. The van der Waals surface area contributed by atoms with Gasteiger partial charge in [-0.15, -0.1) is 11.3 Å². The Morgan fingerprint density at radius 3 is 1.79 bits per heavy atom. The van der Waals surface area contributed by atoms with Crippen LogP contribution in [0.25, 0.3) is 120 Å². The third-order valence-corrected chi connectivity index (χ3v) is 13.6. The van der Waals surface area contributed by atoms with Gasteiger partial charge in [0.1, 0.15) is 5.82 Å². The molecular formula is C57H35N5S. The third kappa shape index (κ3) is 5.80. The van der Waals surface area contributed by atoms with Gasteiger partial charge in [-0.2, -0.15) is 0 Å². The van der Waals surface area contributed by atoms with Gasteiger partial charge in [-0.3, -0.25) is 9.55 Å². The first kappa shape index (κ1) is 35.6. The van der Waals surface area contributed by atoms with Crippen LogP contribution in [-0.4, -0.2) is 24.1 Å². The molecule has 13 aromatic rings. The van der Waals surface area contributed by atoms with Crippen molar-refractivity contribution < 1.29 is 0 Å². The summed E-state index contributed by atoms with van der Waals surface area (Å²) in [5.41, 5.74) is 13.9. The Morgan fingerprint density at radius 1 is 0.333 bits per heavy atom. The van der Waals surface area contributed by atoms with Crippen LogP contribution in [0.3, 0.4) is 0 Å². The minimum absolute atomic E-state index is 0.877. The maximum Gasteiger partial charge on any atom is 0.138 e. The van der Waals surface area contributed by atoms with Crippen LogP contribution in [-0.2, 0) is 0 Å². The molecule has 0 aliphatic rings. The highest BCUT2D eigenvalue weighted by molar-refractivity contribution is 7.25. The zero-order valence-corrected chi connectivity index (χ0v) is 34.7. The monoisotopic (exact) mass is 821 g/mol. The molecule has 13 rings (SSSR count). The molecule has 0 unspecified atom stereocenters. The molecule has 0 spiro atoms. The van der Waals surface area contributed by atoms with Gasteiger partial charge in [0.05, 0.1) is 39.1 Å². The quantitative estimate of drug-likeness (QED) is 0.168. The van der Waals surface area contributed by atoms with Gasteiger partial charge < -0.3 is 4.57 Å². The largest absolute Gasteiger partial charge is 0.309 e. The fourth-order valence-electron chi connectivity index (χ4n) is 9.48. The predicted octanol–water partition coefficient (Wildman–Crippen LogP) is 15.1. The lowest BCUT2D eigenvalue weighted by Gasteiger charge is -2.13. The van der Waals surface area contributed by atoms with Gasteiger partial charge in [-0.25, -0.2) is 9.97 Å². The molecule has 0 aliphatic heterocycles. The van der Waals surface area contributed by atoms with Crippen LogP contribution in [0.15, 0.2) is 213 Å². The molecule has 6 heteroatoms. The first-order valence-corrected chi connectivity index (χ1v) is 22.0. The van der Waals surface area contributed by atoms with Crippen molar-refractivity contribution >= 4 is 75.1 Å². The van der Waals surface area contributed by atoms with Gasteiger partial charge in [0.25, 0.3) is 0 Å². The number of hydrogen-bond donors (Lipinski definition) is 0. The number of pyridine rings is 3. The maximum atomic E-state index is 5.35. The Hall–Kier alpha value is -8.19. The summed E-state index contributed by atoms with van der Waals surface area (Å²) in [4.78, 5) is 15.1. The van der Waals surface area contributed by atoms with Crippen molar-refractivity contribution in [3.8, 4) is 56.4 Å². The molecule has 0 saturated carbocycles. The zero-order chi connectivity index (χ0) is 41.4. The number of thiophene rings is 1. The summed E-state index contributed by atoms with van der Waals surface area (Å²) < 4.78 is 7.22. The summed E-state index contributed by atoms with van der Waals surface area (Å²) >= 11 is 1.81. The number of para-hydroxylation sites is 2. The van der Waals surface area contributed by atoms with Gasteiger partial charge in [-0.05, 0) is 90.0 Å². The fourth-order valence-corrected chi connectivity index (χ4v) is 10.5. The molecule has 0 aliphatic carbocycles. The van der Waals surface area contributed by atoms with E-state index in [-0.39, 0.29) is 0 Å². The maximum absolute atomic E-state index is 5.35. The van der Waals surface area contributed by atoms with Crippen LogP contribution >= 0.6 is 11.3 Å². The van der Waals surface area contributed by atoms with Crippen molar-refractivity contribution in [2.24, 2.45) is 0 Å². The van der Waals surface area contributed by atoms with E-state index in [1.165, 1.54) is 41.8 Å². The molecule has 0 saturated heterocycles. The van der Waals surface area contributed by atoms with E-state index in [2.05, 4.69) is 208 Å². The molecule has 0 bridgehead atoms. The molecule has 294 valence electrons. The summed E-state index contributed by atoms with van der Waals surface area (Å²) in [6.45, 7) is 0. The predicted molar refractivity (Wildman–Crippen MR) is 263 cm³/mol. The highest BCUT2D eigenvalue weighted by atomic mass is 32.1. The van der Waals surface area contributed by atoms with Crippen LogP contribution in [0.2, 0.25) is 0 Å². The minimum Gasteiger partial charge on any atom is -0.309 e. The van der Waals surface area contributed by atoms with Crippen molar-refractivity contribution in [1.29, 1.82) is 0 Å². The second-order valence-electron chi connectivity index (χ2n) is 16.1. The lowest BCUT2D eigenvalue weighted by atomic mass is 10.0. The second kappa shape index (κ2) is 14.2. The highest BCUT2D eigenvalue weighted by Crippen LogP contribution is 2.40. The number of rotatable bonds is 6. The number of benzene rings is 7. The van der Waals surface area contributed by atoms with Crippen molar-refractivity contribution in [3.05, 3.63) is 213 Å². The van der Waals surface area contributed by atoms with E-state index in [0.717, 1.165) is 78.3 Å². The van der Waals surface area contributed by atoms with Gasteiger partial charge in [0.2, 0.25) is 0 Å². The molecular weight excluding hydrogens is 787 g/mol. The molecule has 6 heterocycles. The number of hydrogen-bond acceptors (Lipinski definition) is 4. The molecule has 63 heavy (non-hydrogen) atoms. The molecule has 0 atom stereocenters. The van der Waals surface area contributed by atoms with Crippen LogP contribution < -0.4 is 0 Å². The van der Waals surface area contributed by atoms with E-state index < -0.39 is 0 Å². The summed E-state index contributed by atoms with van der Waals surface area (Å²) in [5.74, 6) is 0.877. The average molecular weight is 822 g/mol. The molecule has 6 aromatic heterocycles. The van der Waals surface area contributed by atoms with Gasteiger partial charge >= 0.3 is 0 Å². The van der Waals surface area contributed by atoms with Gasteiger partial charge in [-0.1, -0.05) is 121 Å². The van der Waals surface area contributed by atoms with E-state index in [1.807, 2.05) is 29.8 Å². The van der Waals surface area contributed by atoms with E-state index in [1.54, 1.807) is 0 Å². The Balaban J connectivity index is 0.937.